The first-order valence-corrected chi connectivity index (χ1v) is 5.31. The topological polar surface area (TPSA) is 51.2 Å². The molecule has 0 spiro atoms. The average molecular weight is 224 g/mol. The minimum absolute atomic E-state index is 0.0290. The molecule has 1 aliphatic rings. The quantitative estimate of drug-likeness (QED) is 0.640. The van der Waals surface area contributed by atoms with Gasteiger partial charge < -0.3 is 0 Å². The summed E-state index contributed by atoms with van der Waals surface area (Å²) in [5.74, 6) is -2.19. The highest BCUT2D eigenvalue weighted by Gasteiger charge is 2.32. The SMILES string of the molecule is O=C1Cc2c(ccc3ccccc23)C(=O)C1=O. The third-order valence-corrected chi connectivity index (χ3v) is 3.08. The van der Waals surface area contributed by atoms with Crippen LogP contribution in [0.4, 0.5) is 0 Å². The minimum Gasteiger partial charge on any atom is -0.290 e. The van der Waals surface area contributed by atoms with Crippen LogP contribution in [0.2, 0.25) is 0 Å². The fourth-order valence-electron chi connectivity index (χ4n) is 2.23. The van der Waals surface area contributed by atoms with Crippen molar-refractivity contribution in [3.8, 4) is 0 Å². The van der Waals surface area contributed by atoms with E-state index in [0.717, 1.165) is 10.8 Å². The highest BCUT2D eigenvalue weighted by Crippen LogP contribution is 2.26. The van der Waals surface area contributed by atoms with Crippen molar-refractivity contribution >= 4 is 28.1 Å². The molecule has 1 aliphatic carbocycles. The predicted octanol–water partition coefficient (Wildman–Crippen LogP) is 1.72. The normalized spacial score (nSPS) is 15.2. The van der Waals surface area contributed by atoms with Crippen LogP contribution in [-0.4, -0.2) is 17.3 Å². The summed E-state index contributed by atoms with van der Waals surface area (Å²) in [4.78, 5) is 34.5. The van der Waals surface area contributed by atoms with Crippen molar-refractivity contribution in [3.05, 3.63) is 47.5 Å². The van der Waals surface area contributed by atoms with E-state index < -0.39 is 17.3 Å². The Bertz CT molecular complexity index is 683. The van der Waals surface area contributed by atoms with Gasteiger partial charge in [-0.25, -0.2) is 0 Å². The van der Waals surface area contributed by atoms with Gasteiger partial charge in [0.05, 0.1) is 0 Å². The predicted molar refractivity (Wildman–Crippen MR) is 62.0 cm³/mol. The maximum Gasteiger partial charge on any atom is 0.269 e. The summed E-state index contributed by atoms with van der Waals surface area (Å²) in [5.41, 5.74) is 1.05. The molecule has 0 unspecified atom stereocenters. The van der Waals surface area contributed by atoms with Gasteiger partial charge in [0, 0.05) is 12.0 Å². The molecular formula is C14H8O3. The molecule has 2 aromatic carbocycles. The van der Waals surface area contributed by atoms with Gasteiger partial charge in [-0.05, 0) is 22.4 Å². The van der Waals surface area contributed by atoms with Crippen LogP contribution in [0, 0.1) is 0 Å². The zero-order valence-corrected chi connectivity index (χ0v) is 8.90. The molecule has 0 saturated carbocycles. The Morgan fingerprint density at radius 2 is 1.59 bits per heavy atom. The lowest BCUT2D eigenvalue weighted by molar-refractivity contribution is -0.133. The van der Waals surface area contributed by atoms with Crippen LogP contribution in [0.15, 0.2) is 36.4 Å². The number of carbonyl (C=O) groups is 3. The zero-order valence-electron chi connectivity index (χ0n) is 8.90. The molecule has 3 heteroatoms. The van der Waals surface area contributed by atoms with Crippen LogP contribution in [0.3, 0.4) is 0 Å². The van der Waals surface area contributed by atoms with E-state index in [-0.39, 0.29) is 6.42 Å². The van der Waals surface area contributed by atoms with Crippen LogP contribution < -0.4 is 0 Å². The number of benzene rings is 2. The number of ketones is 3. The molecule has 82 valence electrons. The zero-order chi connectivity index (χ0) is 12.0. The molecule has 3 nitrogen and oxygen atoms in total. The molecule has 0 fully saturated rings. The van der Waals surface area contributed by atoms with E-state index in [1.807, 2.05) is 24.3 Å². The number of fused-ring (bicyclic) bond motifs is 3. The molecule has 0 radical (unpaired) electrons. The first kappa shape index (κ1) is 9.90. The molecule has 0 amide bonds. The van der Waals surface area contributed by atoms with Crippen LogP contribution in [0.1, 0.15) is 15.9 Å². The fraction of sp³-hybridized carbons (Fsp3) is 0.0714. The summed E-state index contributed by atoms with van der Waals surface area (Å²) in [6.07, 6.45) is 0.0290. The molecule has 3 rings (SSSR count). The van der Waals surface area contributed by atoms with Gasteiger partial charge >= 0.3 is 0 Å². The van der Waals surface area contributed by atoms with Crippen LogP contribution in [0.25, 0.3) is 10.8 Å². The third-order valence-electron chi connectivity index (χ3n) is 3.08. The van der Waals surface area contributed by atoms with Crippen molar-refractivity contribution in [1.29, 1.82) is 0 Å². The molecule has 17 heavy (non-hydrogen) atoms. The van der Waals surface area contributed by atoms with E-state index in [2.05, 4.69) is 0 Å². The standard InChI is InChI=1S/C14H8O3/c15-12-7-11-9-4-2-1-3-8(9)5-6-10(11)13(16)14(12)17/h1-6H,7H2. The highest BCUT2D eigenvalue weighted by molar-refractivity contribution is 6.68. The van der Waals surface area contributed by atoms with E-state index in [1.165, 1.54) is 0 Å². The maximum atomic E-state index is 11.7. The van der Waals surface area contributed by atoms with Gasteiger partial charge in [-0.1, -0.05) is 30.3 Å². The third kappa shape index (κ3) is 1.32. The first-order valence-electron chi connectivity index (χ1n) is 5.31. The van der Waals surface area contributed by atoms with Gasteiger partial charge in [-0.15, -0.1) is 0 Å². The van der Waals surface area contributed by atoms with Crippen LogP contribution in [-0.2, 0) is 16.0 Å². The molecule has 0 bridgehead atoms. The second-order valence-electron chi connectivity index (χ2n) is 4.07. The van der Waals surface area contributed by atoms with Gasteiger partial charge in [0.15, 0.2) is 0 Å². The lowest BCUT2D eigenvalue weighted by Crippen LogP contribution is -2.31. The van der Waals surface area contributed by atoms with E-state index in [4.69, 9.17) is 0 Å². The Morgan fingerprint density at radius 3 is 2.41 bits per heavy atom. The Hall–Kier alpha value is -2.29. The molecular weight excluding hydrogens is 216 g/mol. The number of carbonyl (C=O) groups excluding carboxylic acids is 3. The summed E-state index contributed by atoms with van der Waals surface area (Å²) in [5, 5.41) is 1.85. The molecule has 0 saturated heterocycles. The van der Waals surface area contributed by atoms with Crippen molar-refractivity contribution in [1.82, 2.24) is 0 Å². The number of Topliss-reactive ketones (excluding diaryl/α,β-unsaturated/α-hetero) is 3. The Labute approximate surface area is 97.1 Å². The van der Waals surface area contributed by atoms with Gasteiger partial charge in [0.2, 0.25) is 11.6 Å². The monoisotopic (exact) mass is 224 g/mol. The summed E-state index contributed by atoms with van der Waals surface area (Å²) >= 11 is 0. The Kier molecular flexibility index (Phi) is 1.95. The highest BCUT2D eigenvalue weighted by atomic mass is 16.2. The molecule has 0 N–H and O–H groups in total. The van der Waals surface area contributed by atoms with Crippen molar-refractivity contribution in [3.63, 3.8) is 0 Å². The lowest BCUT2D eigenvalue weighted by atomic mass is 9.85. The van der Waals surface area contributed by atoms with Crippen molar-refractivity contribution in [2.24, 2.45) is 0 Å². The van der Waals surface area contributed by atoms with E-state index in [1.54, 1.807) is 12.1 Å². The van der Waals surface area contributed by atoms with Crippen molar-refractivity contribution < 1.29 is 14.4 Å². The minimum atomic E-state index is -0.896. The summed E-state index contributed by atoms with van der Waals surface area (Å²) < 4.78 is 0. The summed E-state index contributed by atoms with van der Waals surface area (Å²) in [6.45, 7) is 0. The van der Waals surface area contributed by atoms with E-state index >= 15 is 0 Å². The molecule has 0 heterocycles. The molecule has 0 atom stereocenters. The van der Waals surface area contributed by atoms with Gasteiger partial charge in [-0.3, -0.25) is 14.4 Å². The molecule has 0 aromatic heterocycles. The van der Waals surface area contributed by atoms with E-state index in [9.17, 15) is 14.4 Å². The second-order valence-corrected chi connectivity index (χ2v) is 4.07. The van der Waals surface area contributed by atoms with E-state index in [0.29, 0.717) is 11.1 Å². The lowest BCUT2D eigenvalue weighted by Gasteiger charge is -2.15. The van der Waals surface area contributed by atoms with Crippen LogP contribution >= 0.6 is 0 Å². The van der Waals surface area contributed by atoms with Crippen molar-refractivity contribution in [2.75, 3.05) is 0 Å². The average Bonchev–Trinajstić information content (AvgIpc) is 2.36. The molecule has 2 aromatic rings. The fourth-order valence-corrected chi connectivity index (χ4v) is 2.23. The largest absolute Gasteiger partial charge is 0.290 e. The number of hydrogen-bond acceptors (Lipinski definition) is 3. The van der Waals surface area contributed by atoms with Gasteiger partial charge in [0.25, 0.3) is 5.78 Å². The van der Waals surface area contributed by atoms with Crippen LogP contribution in [0.5, 0.6) is 0 Å². The number of rotatable bonds is 0. The smallest absolute Gasteiger partial charge is 0.269 e. The maximum absolute atomic E-state index is 11.7. The Balaban J connectivity index is 2.38. The Morgan fingerprint density at radius 1 is 0.824 bits per heavy atom. The summed E-state index contributed by atoms with van der Waals surface area (Å²) in [7, 11) is 0. The van der Waals surface area contributed by atoms with Crippen molar-refractivity contribution in [2.45, 2.75) is 6.42 Å². The van der Waals surface area contributed by atoms with Gasteiger partial charge in [-0.2, -0.15) is 0 Å². The summed E-state index contributed by atoms with van der Waals surface area (Å²) in [6, 6.07) is 11.0. The first-order chi connectivity index (χ1) is 8.18. The molecule has 0 aliphatic heterocycles. The second kappa shape index (κ2) is 3.35. The number of hydrogen-bond donors (Lipinski definition) is 0. The van der Waals surface area contributed by atoms with Gasteiger partial charge in [0.1, 0.15) is 0 Å².